The highest BCUT2D eigenvalue weighted by Gasteiger charge is 2.15. The number of aromatic nitrogens is 2. The van der Waals surface area contributed by atoms with E-state index in [-0.39, 0.29) is 0 Å². The van der Waals surface area contributed by atoms with Crippen LogP contribution in [0.3, 0.4) is 0 Å². The second kappa shape index (κ2) is 9.70. The molecule has 0 N–H and O–H groups in total. The van der Waals surface area contributed by atoms with Crippen molar-refractivity contribution in [1.29, 1.82) is 10.5 Å². The summed E-state index contributed by atoms with van der Waals surface area (Å²) in [6, 6.07) is 33.8. The Labute approximate surface area is 203 Å². The monoisotopic (exact) mass is 449 g/mol. The Morgan fingerprint density at radius 3 is 1.20 bits per heavy atom. The molecule has 5 aromatic rings. The van der Waals surface area contributed by atoms with E-state index < -0.39 is 0 Å². The van der Waals surface area contributed by atoms with Crippen molar-refractivity contribution >= 4 is 17.1 Å². The molecule has 164 valence electrons. The molecule has 0 saturated carbocycles. The predicted octanol–water partition coefficient (Wildman–Crippen LogP) is 7.02. The smallest absolute Gasteiger partial charge is 0.0992 e. The molecule has 0 aliphatic heterocycles. The van der Waals surface area contributed by atoms with Crippen LogP contribution < -0.4 is 4.90 Å². The van der Waals surface area contributed by atoms with E-state index in [1.54, 1.807) is 43.0 Å². The zero-order valence-electron chi connectivity index (χ0n) is 18.7. The molecule has 5 nitrogen and oxygen atoms in total. The molecule has 0 fully saturated rings. The van der Waals surface area contributed by atoms with E-state index in [0.717, 1.165) is 39.3 Å². The molecule has 0 bridgehead atoms. The molecular formula is C30H19N5. The van der Waals surface area contributed by atoms with E-state index >= 15 is 0 Å². The van der Waals surface area contributed by atoms with E-state index in [4.69, 9.17) is 0 Å². The third kappa shape index (κ3) is 4.61. The number of pyridine rings is 2. The summed E-state index contributed by atoms with van der Waals surface area (Å²) in [7, 11) is 0. The van der Waals surface area contributed by atoms with Crippen LogP contribution >= 0.6 is 0 Å². The van der Waals surface area contributed by atoms with Gasteiger partial charge in [-0.2, -0.15) is 10.5 Å². The molecule has 2 heterocycles. The van der Waals surface area contributed by atoms with E-state index in [1.807, 2.05) is 53.4 Å². The molecule has 3 aromatic carbocycles. The fourth-order valence-electron chi connectivity index (χ4n) is 4.01. The van der Waals surface area contributed by atoms with Gasteiger partial charge in [0.15, 0.2) is 0 Å². The Morgan fingerprint density at radius 1 is 0.457 bits per heavy atom. The normalized spacial score (nSPS) is 10.2. The van der Waals surface area contributed by atoms with Gasteiger partial charge in [0.1, 0.15) is 0 Å². The fourth-order valence-corrected chi connectivity index (χ4v) is 4.01. The van der Waals surface area contributed by atoms with Gasteiger partial charge in [0.05, 0.1) is 23.3 Å². The van der Waals surface area contributed by atoms with E-state index in [2.05, 4.69) is 46.4 Å². The molecule has 2 aromatic heterocycles. The van der Waals surface area contributed by atoms with Gasteiger partial charge in [-0.1, -0.05) is 24.3 Å². The van der Waals surface area contributed by atoms with Crippen LogP contribution in [0.2, 0.25) is 0 Å². The van der Waals surface area contributed by atoms with Crippen LogP contribution in [0.1, 0.15) is 11.1 Å². The highest BCUT2D eigenvalue weighted by atomic mass is 15.1. The zero-order valence-corrected chi connectivity index (χ0v) is 18.7. The highest BCUT2D eigenvalue weighted by Crippen LogP contribution is 2.37. The third-order valence-electron chi connectivity index (χ3n) is 5.71. The average molecular weight is 450 g/mol. The van der Waals surface area contributed by atoms with Gasteiger partial charge >= 0.3 is 0 Å². The third-order valence-corrected chi connectivity index (χ3v) is 5.71. The molecule has 0 atom stereocenters. The maximum absolute atomic E-state index is 9.54. The minimum Gasteiger partial charge on any atom is -0.310 e. The number of nitrogens with zero attached hydrogens (tertiary/aromatic N) is 5. The maximum Gasteiger partial charge on any atom is 0.0992 e. The van der Waals surface area contributed by atoms with Crippen molar-refractivity contribution in [3.05, 3.63) is 127 Å². The quantitative estimate of drug-likeness (QED) is 0.288. The summed E-state index contributed by atoms with van der Waals surface area (Å²) in [5.41, 5.74) is 7.76. The maximum atomic E-state index is 9.54. The Bertz CT molecular complexity index is 1410. The van der Waals surface area contributed by atoms with Crippen molar-refractivity contribution in [1.82, 2.24) is 9.97 Å². The van der Waals surface area contributed by atoms with Crippen molar-refractivity contribution in [2.45, 2.75) is 0 Å². The molecule has 0 amide bonds. The molecule has 0 aliphatic rings. The molecule has 5 rings (SSSR count). The molecule has 0 saturated heterocycles. The second-order valence-electron chi connectivity index (χ2n) is 7.89. The van der Waals surface area contributed by atoms with E-state index in [0.29, 0.717) is 11.1 Å². The minimum absolute atomic E-state index is 0.436. The lowest BCUT2D eigenvalue weighted by Gasteiger charge is -2.26. The molecule has 0 radical (unpaired) electrons. The number of rotatable bonds is 5. The first kappa shape index (κ1) is 21.6. The van der Waals surface area contributed by atoms with Crippen LogP contribution in [0.4, 0.5) is 17.1 Å². The van der Waals surface area contributed by atoms with E-state index in [1.165, 1.54) is 0 Å². The second-order valence-corrected chi connectivity index (χ2v) is 7.89. The molecule has 0 spiro atoms. The number of benzene rings is 3. The topological polar surface area (TPSA) is 76.6 Å². The summed E-state index contributed by atoms with van der Waals surface area (Å²) in [6.45, 7) is 0. The Morgan fingerprint density at radius 2 is 0.829 bits per heavy atom. The van der Waals surface area contributed by atoms with Gasteiger partial charge in [-0.3, -0.25) is 9.97 Å². The number of nitriles is 2. The first-order chi connectivity index (χ1) is 17.2. The first-order valence-corrected chi connectivity index (χ1v) is 11.0. The van der Waals surface area contributed by atoms with Crippen LogP contribution in [0, 0.1) is 22.7 Å². The summed E-state index contributed by atoms with van der Waals surface area (Å²) < 4.78 is 0. The Hall–Kier alpha value is -5.26. The number of hydrogen-bond acceptors (Lipinski definition) is 5. The molecule has 0 unspecified atom stereocenters. The van der Waals surface area contributed by atoms with Crippen molar-refractivity contribution in [3.8, 4) is 34.4 Å². The molecule has 35 heavy (non-hydrogen) atoms. The van der Waals surface area contributed by atoms with Gasteiger partial charge in [-0.15, -0.1) is 0 Å². The minimum atomic E-state index is 0.436. The van der Waals surface area contributed by atoms with Gasteiger partial charge in [0.2, 0.25) is 0 Å². The van der Waals surface area contributed by atoms with Gasteiger partial charge in [0.25, 0.3) is 0 Å². The van der Waals surface area contributed by atoms with Crippen LogP contribution in [-0.4, -0.2) is 9.97 Å². The van der Waals surface area contributed by atoms with Crippen molar-refractivity contribution in [2.24, 2.45) is 0 Å². The Balaban J connectivity index is 1.60. The van der Waals surface area contributed by atoms with Gasteiger partial charge in [-0.25, -0.2) is 0 Å². The van der Waals surface area contributed by atoms with Crippen molar-refractivity contribution < 1.29 is 0 Å². The number of hydrogen-bond donors (Lipinski definition) is 0. The van der Waals surface area contributed by atoms with Crippen LogP contribution in [0.15, 0.2) is 116 Å². The predicted molar refractivity (Wildman–Crippen MR) is 137 cm³/mol. The van der Waals surface area contributed by atoms with Gasteiger partial charge in [0, 0.05) is 41.8 Å². The molecule has 5 heteroatoms. The average Bonchev–Trinajstić information content (AvgIpc) is 2.94. The standard InChI is InChI=1S/C30H19N5/c31-20-22-17-23(21-32)19-30(18-22)35(28-5-1-24(2-6-28)26-9-13-33-14-10-26)29-7-3-25(4-8-29)27-11-15-34-16-12-27/h1-19H. The lowest BCUT2D eigenvalue weighted by molar-refractivity contribution is 1.27. The van der Waals surface area contributed by atoms with Gasteiger partial charge < -0.3 is 4.90 Å². The number of anilines is 3. The summed E-state index contributed by atoms with van der Waals surface area (Å²) in [5.74, 6) is 0. The summed E-state index contributed by atoms with van der Waals surface area (Å²) in [5, 5.41) is 19.1. The summed E-state index contributed by atoms with van der Waals surface area (Å²) >= 11 is 0. The van der Waals surface area contributed by atoms with Crippen molar-refractivity contribution in [3.63, 3.8) is 0 Å². The molecular weight excluding hydrogens is 430 g/mol. The largest absolute Gasteiger partial charge is 0.310 e. The SMILES string of the molecule is N#Cc1cc(C#N)cc(N(c2ccc(-c3ccncc3)cc2)c2ccc(-c3ccncc3)cc2)c1. The van der Waals surface area contributed by atoms with Crippen LogP contribution in [0.5, 0.6) is 0 Å². The fraction of sp³-hybridized carbons (Fsp3) is 0. The highest BCUT2D eigenvalue weighted by molar-refractivity contribution is 5.80. The van der Waals surface area contributed by atoms with Crippen LogP contribution in [-0.2, 0) is 0 Å². The summed E-state index contributed by atoms with van der Waals surface area (Å²) in [4.78, 5) is 10.2. The lowest BCUT2D eigenvalue weighted by Crippen LogP contribution is -2.10. The van der Waals surface area contributed by atoms with Crippen LogP contribution in [0.25, 0.3) is 22.3 Å². The van der Waals surface area contributed by atoms with Gasteiger partial charge in [-0.05, 0) is 89.0 Å². The lowest BCUT2D eigenvalue weighted by atomic mass is 10.0. The van der Waals surface area contributed by atoms with Crippen molar-refractivity contribution in [2.75, 3.05) is 4.90 Å². The Kier molecular flexibility index (Phi) is 5.98. The summed E-state index contributed by atoms with van der Waals surface area (Å²) in [6.07, 6.45) is 7.10. The molecule has 0 aliphatic carbocycles. The first-order valence-electron chi connectivity index (χ1n) is 11.0. The zero-order chi connectivity index (χ0) is 24.0. The van der Waals surface area contributed by atoms with E-state index in [9.17, 15) is 10.5 Å².